The van der Waals surface area contributed by atoms with Crippen molar-refractivity contribution in [2.24, 2.45) is 0 Å². The lowest BCUT2D eigenvalue weighted by Gasteiger charge is -2.09. The van der Waals surface area contributed by atoms with Crippen molar-refractivity contribution < 1.29 is 14.3 Å². The zero-order chi connectivity index (χ0) is 15.2. The van der Waals surface area contributed by atoms with Crippen LogP contribution in [0.4, 0.5) is 0 Å². The Labute approximate surface area is 124 Å². The van der Waals surface area contributed by atoms with Crippen LogP contribution in [0.1, 0.15) is 18.9 Å². The van der Waals surface area contributed by atoms with Crippen LogP contribution < -0.4 is 10.1 Å². The minimum absolute atomic E-state index is 0.0522. The Morgan fingerprint density at radius 2 is 2.00 bits per heavy atom. The molecule has 4 nitrogen and oxygen atoms in total. The molecule has 0 fully saturated rings. The van der Waals surface area contributed by atoms with Crippen LogP contribution in [0.25, 0.3) is 10.8 Å². The molecule has 0 unspecified atom stereocenters. The Balaban J connectivity index is 2.08. The van der Waals surface area contributed by atoms with Gasteiger partial charge < -0.3 is 10.1 Å². The fraction of sp³-hybridized carbons (Fsp3) is 0.294. The van der Waals surface area contributed by atoms with Gasteiger partial charge in [0, 0.05) is 6.54 Å². The normalized spacial score (nSPS) is 10.4. The molecule has 110 valence electrons. The zero-order valence-corrected chi connectivity index (χ0v) is 12.3. The van der Waals surface area contributed by atoms with Crippen molar-refractivity contribution >= 4 is 22.5 Å². The average molecular weight is 285 g/mol. The molecule has 2 aromatic carbocycles. The van der Waals surface area contributed by atoms with Gasteiger partial charge in [-0.3, -0.25) is 9.59 Å². The Hall–Kier alpha value is -2.36. The van der Waals surface area contributed by atoms with Gasteiger partial charge in [0.15, 0.2) is 0 Å². The van der Waals surface area contributed by atoms with Crippen LogP contribution in [-0.2, 0) is 16.0 Å². The summed E-state index contributed by atoms with van der Waals surface area (Å²) in [6, 6.07) is 12.0. The van der Waals surface area contributed by atoms with Crippen LogP contribution in [0.2, 0.25) is 0 Å². The van der Waals surface area contributed by atoms with Crippen LogP contribution in [0.5, 0.6) is 5.75 Å². The van der Waals surface area contributed by atoms with Crippen molar-refractivity contribution in [1.29, 1.82) is 0 Å². The van der Waals surface area contributed by atoms with Crippen molar-refractivity contribution in [3.63, 3.8) is 0 Å². The van der Waals surface area contributed by atoms with Crippen molar-refractivity contribution in [2.45, 2.75) is 19.8 Å². The van der Waals surface area contributed by atoms with Crippen LogP contribution in [-0.4, -0.2) is 25.3 Å². The monoisotopic (exact) mass is 285 g/mol. The van der Waals surface area contributed by atoms with E-state index in [1.807, 2.05) is 36.4 Å². The summed E-state index contributed by atoms with van der Waals surface area (Å²) in [6.07, 6.45) is 0.664. The first-order chi connectivity index (χ1) is 10.1. The number of rotatable bonds is 6. The van der Waals surface area contributed by atoms with E-state index in [1.165, 1.54) is 6.92 Å². The number of nitrogens with one attached hydrogen (secondary N) is 1. The average Bonchev–Trinajstić information content (AvgIpc) is 2.46. The molecule has 0 saturated carbocycles. The van der Waals surface area contributed by atoms with Crippen LogP contribution in [0.3, 0.4) is 0 Å². The molecule has 0 spiro atoms. The number of ketones is 1. The van der Waals surface area contributed by atoms with Gasteiger partial charge in [0.1, 0.15) is 11.5 Å². The van der Waals surface area contributed by atoms with Gasteiger partial charge >= 0.3 is 0 Å². The number of hydrogen-bond donors (Lipinski definition) is 1. The molecule has 1 N–H and O–H groups in total. The first-order valence-electron chi connectivity index (χ1n) is 6.92. The third-order valence-electron chi connectivity index (χ3n) is 3.31. The molecular formula is C17H19NO3. The summed E-state index contributed by atoms with van der Waals surface area (Å²) >= 11 is 0. The summed E-state index contributed by atoms with van der Waals surface area (Å²) in [6.45, 7) is 1.93. The Kier molecular flexibility index (Phi) is 4.93. The molecule has 0 aliphatic carbocycles. The Bertz CT molecular complexity index is 664. The maximum absolute atomic E-state index is 11.5. The van der Waals surface area contributed by atoms with E-state index in [0.717, 1.165) is 22.1 Å². The van der Waals surface area contributed by atoms with Crippen molar-refractivity contribution in [3.8, 4) is 5.75 Å². The third-order valence-corrected chi connectivity index (χ3v) is 3.31. The molecule has 0 saturated heterocycles. The van der Waals surface area contributed by atoms with E-state index in [1.54, 1.807) is 7.11 Å². The third kappa shape index (κ3) is 4.05. The fourth-order valence-corrected chi connectivity index (χ4v) is 2.29. The van der Waals surface area contributed by atoms with E-state index in [2.05, 4.69) is 5.32 Å². The highest BCUT2D eigenvalue weighted by Gasteiger charge is 2.06. The zero-order valence-electron chi connectivity index (χ0n) is 12.3. The highest BCUT2D eigenvalue weighted by Crippen LogP contribution is 2.24. The number of amides is 1. The molecule has 0 aliphatic heterocycles. The van der Waals surface area contributed by atoms with Gasteiger partial charge in [0.05, 0.1) is 13.5 Å². The number of fused-ring (bicyclic) bond motifs is 1. The number of hydrogen-bond acceptors (Lipinski definition) is 3. The lowest BCUT2D eigenvalue weighted by molar-refractivity contribution is -0.127. The van der Waals surface area contributed by atoms with Gasteiger partial charge in [-0.05, 0) is 41.8 Å². The van der Waals surface area contributed by atoms with Crippen molar-refractivity contribution in [2.75, 3.05) is 13.7 Å². The minimum Gasteiger partial charge on any atom is -0.497 e. The predicted molar refractivity (Wildman–Crippen MR) is 82.5 cm³/mol. The maximum atomic E-state index is 11.5. The molecule has 0 heterocycles. The molecule has 2 rings (SSSR count). The largest absolute Gasteiger partial charge is 0.497 e. The van der Waals surface area contributed by atoms with Gasteiger partial charge in [0.25, 0.3) is 0 Å². The van der Waals surface area contributed by atoms with Crippen molar-refractivity contribution in [1.82, 2.24) is 5.32 Å². The summed E-state index contributed by atoms with van der Waals surface area (Å²) in [4.78, 5) is 22.3. The van der Waals surface area contributed by atoms with E-state index in [-0.39, 0.29) is 18.1 Å². The lowest BCUT2D eigenvalue weighted by atomic mass is 10.0. The van der Waals surface area contributed by atoms with Crippen LogP contribution in [0.15, 0.2) is 36.4 Å². The second-order valence-corrected chi connectivity index (χ2v) is 4.98. The summed E-state index contributed by atoms with van der Waals surface area (Å²) in [5.74, 6) is 0.471. The van der Waals surface area contributed by atoms with Gasteiger partial charge in [-0.15, -0.1) is 0 Å². The van der Waals surface area contributed by atoms with Crippen LogP contribution in [0, 0.1) is 0 Å². The number of benzene rings is 2. The highest BCUT2D eigenvalue weighted by molar-refractivity contribution is 5.96. The van der Waals surface area contributed by atoms with Crippen molar-refractivity contribution in [3.05, 3.63) is 42.0 Å². The summed E-state index contributed by atoms with van der Waals surface area (Å²) in [5.41, 5.74) is 1.15. The van der Waals surface area contributed by atoms with Crippen LogP contribution >= 0.6 is 0 Å². The quantitative estimate of drug-likeness (QED) is 0.830. The fourth-order valence-electron chi connectivity index (χ4n) is 2.29. The maximum Gasteiger partial charge on any atom is 0.227 e. The summed E-state index contributed by atoms with van der Waals surface area (Å²) in [7, 11) is 1.64. The van der Waals surface area contributed by atoms with Gasteiger partial charge in [-0.25, -0.2) is 0 Å². The standard InChI is InChI=1S/C17H19NO3/c1-12(19)10-17(20)18-9-8-14-5-3-4-13-6-7-15(21-2)11-16(13)14/h3-7,11H,8-10H2,1-2H3,(H,18,20). The number of carbonyl (C=O) groups excluding carboxylic acids is 2. The molecule has 2 aromatic rings. The molecule has 0 aromatic heterocycles. The second kappa shape index (κ2) is 6.88. The molecule has 4 heteroatoms. The van der Waals surface area contributed by atoms with E-state index < -0.39 is 0 Å². The van der Waals surface area contributed by atoms with E-state index >= 15 is 0 Å². The van der Waals surface area contributed by atoms with Gasteiger partial charge in [-0.1, -0.05) is 24.3 Å². The molecule has 0 radical (unpaired) electrons. The summed E-state index contributed by atoms with van der Waals surface area (Å²) < 4.78 is 5.26. The Morgan fingerprint density at radius 1 is 1.19 bits per heavy atom. The minimum atomic E-state index is -0.222. The molecule has 0 bridgehead atoms. The first kappa shape index (κ1) is 15.0. The molecular weight excluding hydrogens is 266 g/mol. The number of carbonyl (C=O) groups is 2. The predicted octanol–water partition coefficient (Wildman–Crippen LogP) is 2.49. The van der Waals surface area contributed by atoms with E-state index in [4.69, 9.17) is 4.74 Å². The molecule has 1 amide bonds. The van der Waals surface area contributed by atoms with Gasteiger partial charge in [0.2, 0.25) is 5.91 Å². The highest BCUT2D eigenvalue weighted by atomic mass is 16.5. The second-order valence-electron chi connectivity index (χ2n) is 4.98. The first-order valence-corrected chi connectivity index (χ1v) is 6.92. The topological polar surface area (TPSA) is 55.4 Å². The summed E-state index contributed by atoms with van der Waals surface area (Å²) in [5, 5.41) is 5.03. The number of ether oxygens (including phenoxy) is 1. The number of Topliss-reactive ketones (excluding diaryl/α,β-unsaturated/α-hetero) is 1. The Morgan fingerprint density at radius 3 is 2.71 bits per heavy atom. The lowest BCUT2D eigenvalue weighted by Crippen LogP contribution is -2.27. The SMILES string of the molecule is COc1ccc2cccc(CCNC(=O)CC(C)=O)c2c1. The van der Waals surface area contributed by atoms with E-state index in [0.29, 0.717) is 13.0 Å². The smallest absolute Gasteiger partial charge is 0.227 e. The molecule has 0 aliphatic rings. The van der Waals surface area contributed by atoms with E-state index in [9.17, 15) is 9.59 Å². The van der Waals surface area contributed by atoms with Gasteiger partial charge in [-0.2, -0.15) is 0 Å². The molecule has 21 heavy (non-hydrogen) atoms. The molecule has 0 atom stereocenters. The number of methoxy groups -OCH3 is 1.